The first-order valence-electron chi connectivity index (χ1n) is 9.35. The highest BCUT2D eigenvalue weighted by atomic mass is 16.1. The first kappa shape index (κ1) is 18.6. The van der Waals surface area contributed by atoms with E-state index in [1.54, 1.807) is 29.2 Å². The van der Waals surface area contributed by atoms with Crippen LogP contribution in [-0.4, -0.2) is 37.7 Å². The van der Waals surface area contributed by atoms with Crippen molar-refractivity contribution in [2.75, 3.05) is 11.9 Å². The monoisotopic (exact) mass is 387 g/mol. The van der Waals surface area contributed by atoms with E-state index in [1.165, 1.54) is 0 Å². The Morgan fingerprint density at radius 3 is 2.66 bits per heavy atom. The van der Waals surface area contributed by atoms with Gasteiger partial charge in [0.2, 0.25) is 11.5 Å². The lowest BCUT2D eigenvalue weighted by Gasteiger charge is -2.10. The Hall–Kier alpha value is -3.73. The molecule has 1 saturated carbocycles. The summed E-state index contributed by atoms with van der Waals surface area (Å²) in [4.78, 5) is 24.9. The van der Waals surface area contributed by atoms with Crippen molar-refractivity contribution in [3.8, 4) is 11.3 Å². The summed E-state index contributed by atoms with van der Waals surface area (Å²) >= 11 is 0. The summed E-state index contributed by atoms with van der Waals surface area (Å²) in [5.74, 6) is 0.319. The zero-order chi connectivity index (χ0) is 20.4. The number of rotatable bonds is 6. The molecule has 1 fully saturated rings. The van der Waals surface area contributed by atoms with E-state index in [2.05, 4.69) is 30.5 Å². The molecule has 3 aromatic rings. The van der Waals surface area contributed by atoms with Gasteiger partial charge < -0.3 is 15.5 Å². The molecule has 146 valence electrons. The average molecular weight is 387 g/mol. The molecular formula is C21H21N7O. The van der Waals surface area contributed by atoms with Crippen molar-refractivity contribution in [1.29, 1.82) is 0 Å². The van der Waals surface area contributed by atoms with Gasteiger partial charge in [-0.2, -0.15) is 5.10 Å². The number of anilines is 2. The number of aromatic nitrogens is 4. The van der Waals surface area contributed by atoms with Crippen LogP contribution in [0.3, 0.4) is 0 Å². The Kier molecular flexibility index (Phi) is 4.72. The molecule has 2 aromatic heterocycles. The SMILES string of the molecule is [C-]#[N+]C1(CNC(=O)c2ccc(-c3nc(Nc4cnn(C)c4)ncc3C)cc2)CC1. The van der Waals surface area contributed by atoms with E-state index < -0.39 is 0 Å². The van der Waals surface area contributed by atoms with E-state index in [4.69, 9.17) is 6.57 Å². The Balaban J connectivity index is 1.48. The van der Waals surface area contributed by atoms with Crippen molar-refractivity contribution in [3.63, 3.8) is 0 Å². The third-order valence-corrected chi connectivity index (χ3v) is 5.00. The third-order valence-electron chi connectivity index (χ3n) is 5.00. The average Bonchev–Trinajstić information content (AvgIpc) is 3.41. The summed E-state index contributed by atoms with van der Waals surface area (Å²) in [7, 11) is 1.84. The summed E-state index contributed by atoms with van der Waals surface area (Å²) < 4.78 is 1.70. The zero-order valence-corrected chi connectivity index (χ0v) is 16.3. The molecule has 1 amide bonds. The number of benzene rings is 1. The number of hydrogen-bond acceptors (Lipinski definition) is 5. The van der Waals surface area contributed by atoms with Crippen LogP contribution in [-0.2, 0) is 7.05 Å². The van der Waals surface area contributed by atoms with Gasteiger partial charge in [0.25, 0.3) is 5.91 Å². The maximum Gasteiger partial charge on any atom is 0.251 e. The molecule has 8 heteroatoms. The van der Waals surface area contributed by atoms with Crippen LogP contribution in [0.2, 0.25) is 0 Å². The Bertz CT molecular complexity index is 1090. The first-order valence-corrected chi connectivity index (χ1v) is 9.35. The zero-order valence-electron chi connectivity index (χ0n) is 16.3. The molecule has 8 nitrogen and oxygen atoms in total. The molecular weight excluding hydrogens is 366 g/mol. The molecule has 2 N–H and O–H groups in total. The van der Waals surface area contributed by atoms with Crippen molar-refractivity contribution < 1.29 is 4.79 Å². The first-order chi connectivity index (χ1) is 14.0. The molecule has 0 atom stereocenters. The van der Waals surface area contributed by atoms with Gasteiger partial charge in [-0.3, -0.25) is 9.48 Å². The molecule has 0 spiro atoms. The van der Waals surface area contributed by atoms with Crippen molar-refractivity contribution in [2.24, 2.45) is 7.05 Å². The summed E-state index contributed by atoms with van der Waals surface area (Å²) in [6.07, 6.45) is 7.03. The highest BCUT2D eigenvalue weighted by Crippen LogP contribution is 2.39. The lowest BCUT2D eigenvalue weighted by Crippen LogP contribution is -2.31. The second-order valence-electron chi connectivity index (χ2n) is 7.35. The number of carbonyl (C=O) groups excluding carboxylic acids is 1. The molecule has 1 aliphatic carbocycles. The quantitative estimate of drug-likeness (QED) is 0.635. The van der Waals surface area contributed by atoms with Crippen LogP contribution in [0.1, 0.15) is 28.8 Å². The van der Waals surface area contributed by atoms with Crippen LogP contribution in [0.25, 0.3) is 16.1 Å². The van der Waals surface area contributed by atoms with E-state index in [1.807, 2.05) is 32.3 Å². The second kappa shape index (κ2) is 7.36. The summed E-state index contributed by atoms with van der Waals surface area (Å²) in [5.41, 5.74) is 3.63. The molecule has 29 heavy (non-hydrogen) atoms. The fraction of sp³-hybridized carbons (Fsp3) is 0.286. The number of hydrogen-bond donors (Lipinski definition) is 2. The molecule has 0 unspecified atom stereocenters. The van der Waals surface area contributed by atoms with Crippen LogP contribution < -0.4 is 10.6 Å². The topological polar surface area (TPSA) is 89.1 Å². The summed E-state index contributed by atoms with van der Waals surface area (Å²) in [5, 5.41) is 10.1. The fourth-order valence-corrected chi connectivity index (χ4v) is 3.01. The van der Waals surface area contributed by atoms with E-state index in [-0.39, 0.29) is 11.4 Å². The molecule has 0 saturated heterocycles. The maximum atomic E-state index is 12.4. The molecule has 4 rings (SSSR count). The predicted molar refractivity (Wildman–Crippen MR) is 110 cm³/mol. The smallest absolute Gasteiger partial charge is 0.251 e. The van der Waals surface area contributed by atoms with Gasteiger partial charge in [-0.15, -0.1) is 0 Å². The third kappa shape index (κ3) is 4.09. The summed E-state index contributed by atoms with van der Waals surface area (Å²) in [6.45, 7) is 9.56. The van der Waals surface area contributed by atoms with E-state index in [9.17, 15) is 4.79 Å². The largest absolute Gasteiger partial charge is 0.344 e. The van der Waals surface area contributed by atoms with Gasteiger partial charge in [0.1, 0.15) is 0 Å². The molecule has 0 aliphatic heterocycles. The minimum absolute atomic E-state index is 0.162. The summed E-state index contributed by atoms with van der Waals surface area (Å²) in [6, 6.07) is 7.30. The Morgan fingerprint density at radius 1 is 1.28 bits per heavy atom. The Labute approximate surface area is 168 Å². The molecule has 1 aliphatic rings. The van der Waals surface area contributed by atoms with Crippen LogP contribution in [0.4, 0.5) is 11.6 Å². The van der Waals surface area contributed by atoms with Crippen LogP contribution in [0, 0.1) is 13.5 Å². The number of aryl methyl sites for hydroxylation is 2. The van der Waals surface area contributed by atoms with Crippen LogP contribution in [0.15, 0.2) is 42.9 Å². The molecule has 1 aromatic carbocycles. The van der Waals surface area contributed by atoms with Gasteiger partial charge in [-0.05, 0) is 24.6 Å². The number of amides is 1. The van der Waals surface area contributed by atoms with Crippen molar-refractivity contribution in [3.05, 3.63) is 65.4 Å². The van der Waals surface area contributed by atoms with Crippen molar-refractivity contribution in [2.45, 2.75) is 25.3 Å². The fourth-order valence-electron chi connectivity index (χ4n) is 3.01. The van der Waals surface area contributed by atoms with E-state index in [0.29, 0.717) is 18.1 Å². The molecule has 0 bridgehead atoms. The molecule has 2 heterocycles. The Morgan fingerprint density at radius 2 is 2.03 bits per heavy atom. The highest BCUT2D eigenvalue weighted by molar-refractivity contribution is 5.94. The standard InChI is InChI=1S/C21H21N7O/c1-14-10-23-20(26-17-11-25-28(3)12-17)27-18(14)15-4-6-16(7-5-15)19(29)24-13-21(22-2)8-9-21/h4-7,10-12H,8-9,13H2,1,3H3,(H,24,29)(H,23,26,27). The number of nitrogens with one attached hydrogen (secondary N) is 2. The van der Waals surface area contributed by atoms with Gasteiger partial charge in [-0.1, -0.05) is 12.1 Å². The predicted octanol–water partition coefficient (Wildman–Crippen LogP) is 3.11. The minimum atomic E-state index is -0.370. The van der Waals surface area contributed by atoms with Crippen LogP contribution >= 0.6 is 0 Å². The van der Waals surface area contributed by atoms with Gasteiger partial charge in [0.15, 0.2) is 0 Å². The van der Waals surface area contributed by atoms with E-state index in [0.717, 1.165) is 35.3 Å². The normalized spacial score (nSPS) is 14.1. The van der Waals surface area contributed by atoms with Gasteiger partial charge in [0.05, 0.1) is 24.1 Å². The lowest BCUT2D eigenvalue weighted by molar-refractivity contribution is 0.0951. The van der Waals surface area contributed by atoms with Gasteiger partial charge in [-0.25, -0.2) is 16.5 Å². The molecule has 0 radical (unpaired) electrons. The van der Waals surface area contributed by atoms with Crippen molar-refractivity contribution in [1.82, 2.24) is 25.1 Å². The van der Waals surface area contributed by atoms with E-state index >= 15 is 0 Å². The number of nitrogens with zero attached hydrogens (tertiary/aromatic N) is 5. The van der Waals surface area contributed by atoms with Crippen LogP contribution in [0.5, 0.6) is 0 Å². The van der Waals surface area contributed by atoms with Gasteiger partial charge >= 0.3 is 0 Å². The highest BCUT2D eigenvalue weighted by Gasteiger charge is 2.50. The minimum Gasteiger partial charge on any atom is -0.344 e. The maximum absolute atomic E-state index is 12.4. The number of carbonyl (C=O) groups is 1. The van der Waals surface area contributed by atoms with Crippen molar-refractivity contribution >= 4 is 17.5 Å². The lowest BCUT2D eigenvalue weighted by atomic mass is 10.1. The second-order valence-corrected chi connectivity index (χ2v) is 7.35. The van der Waals surface area contributed by atoms with Gasteiger partial charge in [0, 0.05) is 43.4 Å².